The first kappa shape index (κ1) is 14.5. The molecule has 0 aromatic heterocycles. The molecular formula is C11H17N3O3S. The normalized spacial score (nSPS) is 12.0. The number of benzene rings is 1. The molecule has 0 radical (unpaired) electrons. The third-order valence-electron chi connectivity index (χ3n) is 2.06. The maximum Gasteiger partial charge on any atom is 0.296 e. The van der Waals surface area contributed by atoms with E-state index in [0.29, 0.717) is 11.4 Å². The largest absolute Gasteiger partial charge is 0.326 e. The highest BCUT2D eigenvalue weighted by molar-refractivity contribution is 7.90. The molecule has 100 valence electrons. The molecule has 18 heavy (non-hydrogen) atoms. The van der Waals surface area contributed by atoms with Crippen molar-refractivity contribution in [3.63, 3.8) is 0 Å². The number of amides is 1. The lowest BCUT2D eigenvalue weighted by Crippen LogP contribution is -2.27. The zero-order chi connectivity index (χ0) is 14.0. The van der Waals surface area contributed by atoms with Gasteiger partial charge in [0, 0.05) is 11.1 Å². The monoisotopic (exact) mass is 271 g/mol. The lowest BCUT2D eigenvalue weighted by molar-refractivity contribution is -0.123. The lowest BCUT2D eigenvalue weighted by Gasteiger charge is -2.18. The van der Waals surface area contributed by atoms with Crippen molar-refractivity contribution in [1.29, 1.82) is 0 Å². The first-order chi connectivity index (χ1) is 8.08. The van der Waals surface area contributed by atoms with Crippen molar-refractivity contribution in [2.24, 2.45) is 10.6 Å². The Morgan fingerprint density at radius 3 is 2.28 bits per heavy atom. The quantitative estimate of drug-likeness (QED) is 0.772. The third kappa shape index (κ3) is 4.72. The van der Waals surface area contributed by atoms with Crippen LogP contribution in [0.25, 0.3) is 0 Å². The Kier molecular flexibility index (Phi) is 3.98. The molecule has 0 aliphatic heterocycles. The zero-order valence-corrected chi connectivity index (χ0v) is 11.3. The van der Waals surface area contributed by atoms with Crippen molar-refractivity contribution in [3.05, 3.63) is 24.3 Å². The van der Waals surface area contributed by atoms with Crippen LogP contribution in [0, 0.1) is 5.41 Å². The molecule has 0 unspecified atom stereocenters. The fourth-order valence-electron chi connectivity index (χ4n) is 1.14. The average Bonchev–Trinajstić information content (AvgIpc) is 2.13. The van der Waals surface area contributed by atoms with E-state index in [-0.39, 0.29) is 5.91 Å². The van der Waals surface area contributed by atoms with E-state index >= 15 is 0 Å². The van der Waals surface area contributed by atoms with E-state index < -0.39 is 15.6 Å². The van der Waals surface area contributed by atoms with Crippen LogP contribution >= 0.6 is 0 Å². The van der Waals surface area contributed by atoms with E-state index in [2.05, 4.69) is 10.0 Å². The molecule has 0 aliphatic rings. The Bertz CT molecular complexity index is 547. The van der Waals surface area contributed by atoms with Crippen LogP contribution in [-0.2, 0) is 15.0 Å². The minimum absolute atomic E-state index is 0.157. The predicted molar refractivity (Wildman–Crippen MR) is 71.3 cm³/mol. The molecule has 1 rings (SSSR count). The summed E-state index contributed by atoms with van der Waals surface area (Å²) in [4.78, 5) is 11.8. The Morgan fingerprint density at radius 2 is 1.78 bits per heavy atom. The molecule has 7 heteroatoms. The fraction of sp³-hybridized carbons (Fsp3) is 0.364. The van der Waals surface area contributed by atoms with Gasteiger partial charge in [-0.3, -0.25) is 9.52 Å². The maximum atomic E-state index is 11.8. The highest BCUT2D eigenvalue weighted by atomic mass is 32.2. The van der Waals surface area contributed by atoms with Gasteiger partial charge in [-0.2, -0.15) is 8.42 Å². The number of carbonyl (C=O) groups excluding carboxylic acids is 1. The van der Waals surface area contributed by atoms with E-state index in [1.807, 2.05) is 0 Å². The maximum absolute atomic E-state index is 11.8. The summed E-state index contributed by atoms with van der Waals surface area (Å²) in [6.45, 7) is 5.36. The molecule has 0 saturated carbocycles. The van der Waals surface area contributed by atoms with Crippen molar-refractivity contribution in [3.8, 4) is 0 Å². The Morgan fingerprint density at radius 1 is 1.22 bits per heavy atom. The van der Waals surface area contributed by atoms with E-state index in [9.17, 15) is 13.2 Å². The minimum atomic E-state index is -3.81. The zero-order valence-electron chi connectivity index (χ0n) is 10.5. The van der Waals surface area contributed by atoms with Crippen LogP contribution in [0.2, 0.25) is 0 Å². The molecule has 0 aliphatic carbocycles. The summed E-state index contributed by atoms with van der Waals surface area (Å²) in [6.07, 6.45) is 0. The number of hydrogen-bond acceptors (Lipinski definition) is 3. The lowest BCUT2D eigenvalue weighted by atomic mass is 9.95. The highest BCUT2D eigenvalue weighted by Gasteiger charge is 2.21. The highest BCUT2D eigenvalue weighted by Crippen LogP contribution is 2.20. The molecule has 0 spiro atoms. The van der Waals surface area contributed by atoms with Crippen molar-refractivity contribution in [2.75, 3.05) is 10.0 Å². The molecule has 0 saturated heterocycles. The smallest absolute Gasteiger partial charge is 0.296 e. The molecule has 0 bridgehead atoms. The van der Waals surface area contributed by atoms with Gasteiger partial charge in [-0.15, -0.1) is 0 Å². The summed E-state index contributed by atoms with van der Waals surface area (Å²) in [5.74, 6) is -0.157. The average molecular weight is 271 g/mol. The Balaban J connectivity index is 2.87. The Hall–Kier alpha value is -1.60. The van der Waals surface area contributed by atoms with Crippen LogP contribution in [-0.4, -0.2) is 14.3 Å². The van der Waals surface area contributed by atoms with E-state index in [0.717, 1.165) is 0 Å². The van der Waals surface area contributed by atoms with E-state index in [4.69, 9.17) is 5.14 Å². The van der Waals surface area contributed by atoms with Crippen molar-refractivity contribution < 1.29 is 13.2 Å². The first-order valence-electron chi connectivity index (χ1n) is 5.30. The van der Waals surface area contributed by atoms with Gasteiger partial charge >= 0.3 is 0 Å². The Labute approximate surface area is 107 Å². The van der Waals surface area contributed by atoms with Gasteiger partial charge in [0.1, 0.15) is 0 Å². The summed E-state index contributed by atoms with van der Waals surface area (Å²) < 4.78 is 23.9. The van der Waals surface area contributed by atoms with Crippen molar-refractivity contribution >= 4 is 27.5 Å². The predicted octanol–water partition coefficient (Wildman–Crippen LogP) is 1.29. The van der Waals surface area contributed by atoms with Crippen LogP contribution < -0.4 is 15.2 Å². The standard InChI is InChI=1S/C11H17N3O3S/c1-11(2,3)10(15)13-8-5-4-6-9(7-8)14-18(12,16)17/h4-7,14H,1-3H3,(H,13,15)(H2,12,16,17). The fourth-order valence-corrected chi connectivity index (χ4v) is 1.60. The van der Waals surface area contributed by atoms with Gasteiger partial charge in [0.05, 0.1) is 5.69 Å². The van der Waals surface area contributed by atoms with E-state index in [1.165, 1.54) is 12.1 Å². The number of nitrogens with two attached hydrogens (primary N) is 1. The van der Waals surface area contributed by atoms with Gasteiger partial charge in [0.15, 0.2) is 0 Å². The second-order valence-electron chi connectivity index (χ2n) is 4.93. The summed E-state index contributed by atoms with van der Waals surface area (Å²) in [6, 6.07) is 6.31. The van der Waals surface area contributed by atoms with Gasteiger partial charge in [-0.25, -0.2) is 5.14 Å². The molecule has 0 atom stereocenters. The number of anilines is 2. The summed E-state index contributed by atoms with van der Waals surface area (Å²) in [5.41, 5.74) is 0.274. The molecule has 6 nitrogen and oxygen atoms in total. The third-order valence-corrected chi connectivity index (χ3v) is 2.58. The molecule has 0 fully saturated rings. The minimum Gasteiger partial charge on any atom is -0.326 e. The topological polar surface area (TPSA) is 101 Å². The first-order valence-corrected chi connectivity index (χ1v) is 6.84. The van der Waals surface area contributed by atoms with Crippen molar-refractivity contribution in [1.82, 2.24) is 0 Å². The number of carbonyl (C=O) groups is 1. The number of nitrogens with one attached hydrogen (secondary N) is 2. The van der Waals surface area contributed by atoms with Gasteiger partial charge in [-0.1, -0.05) is 26.8 Å². The summed E-state index contributed by atoms with van der Waals surface area (Å²) in [5, 5.41) is 7.56. The van der Waals surface area contributed by atoms with Crippen LogP contribution in [0.3, 0.4) is 0 Å². The van der Waals surface area contributed by atoms with Gasteiger partial charge in [-0.05, 0) is 18.2 Å². The molecule has 1 amide bonds. The second kappa shape index (κ2) is 4.95. The SMILES string of the molecule is CC(C)(C)C(=O)Nc1cccc(NS(N)(=O)=O)c1. The molecule has 1 aromatic rings. The van der Waals surface area contributed by atoms with Crippen LogP contribution in [0.1, 0.15) is 20.8 Å². The van der Waals surface area contributed by atoms with E-state index in [1.54, 1.807) is 32.9 Å². The van der Waals surface area contributed by atoms with Crippen molar-refractivity contribution in [2.45, 2.75) is 20.8 Å². The molecule has 1 aromatic carbocycles. The summed E-state index contributed by atoms with van der Waals surface area (Å²) >= 11 is 0. The number of hydrogen-bond donors (Lipinski definition) is 3. The van der Waals surface area contributed by atoms with Gasteiger partial charge in [0.2, 0.25) is 5.91 Å². The molecular weight excluding hydrogens is 254 g/mol. The van der Waals surface area contributed by atoms with Crippen LogP contribution in [0.5, 0.6) is 0 Å². The van der Waals surface area contributed by atoms with Gasteiger partial charge in [0.25, 0.3) is 10.2 Å². The second-order valence-corrected chi connectivity index (χ2v) is 6.23. The summed E-state index contributed by atoms with van der Waals surface area (Å²) in [7, 11) is -3.81. The van der Waals surface area contributed by atoms with Crippen LogP contribution in [0.15, 0.2) is 24.3 Å². The number of rotatable bonds is 3. The molecule has 4 N–H and O–H groups in total. The van der Waals surface area contributed by atoms with Gasteiger partial charge < -0.3 is 5.32 Å². The van der Waals surface area contributed by atoms with Crippen LogP contribution in [0.4, 0.5) is 11.4 Å². The molecule has 0 heterocycles.